The van der Waals surface area contributed by atoms with Gasteiger partial charge >= 0.3 is 0 Å². The second-order valence-corrected chi connectivity index (χ2v) is 5.09. The van der Waals surface area contributed by atoms with Gasteiger partial charge in [-0.25, -0.2) is 4.39 Å². The fourth-order valence-electron chi connectivity index (χ4n) is 1.67. The molecule has 0 aliphatic heterocycles. The van der Waals surface area contributed by atoms with Crippen LogP contribution in [0.3, 0.4) is 0 Å². The molecule has 0 unspecified atom stereocenters. The molecule has 0 amide bonds. The van der Waals surface area contributed by atoms with E-state index >= 15 is 0 Å². The Labute approximate surface area is 118 Å². The minimum atomic E-state index is -0.547. The molecule has 106 valence electrons. The monoisotopic (exact) mass is 296 g/mol. The number of nitrogens with zero attached hydrogens (tertiary/aromatic N) is 3. The average molecular weight is 296 g/mol. The van der Waals surface area contributed by atoms with E-state index in [1.54, 1.807) is 0 Å². The number of nitro groups is 1. The molecule has 1 aromatic heterocycles. The van der Waals surface area contributed by atoms with E-state index in [9.17, 15) is 14.5 Å². The van der Waals surface area contributed by atoms with E-state index in [2.05, 4.69) is 15.5 Å². The lowest BCUT2D eigenvalue weighted by Gasteiger charge is -1.98. The average Bonchev–Trinajstić information content (AvgIpc) is 2.87. The van der Waals surface area contributed by atoms with Gasteiger partial charge in [0.05, 0.1) is 10.5 Å². The zero-order valence-electron chi connectivity index (χ0n) is 10.8. The first-order valence-corrected chi connectivity index (χ1v) is 6.91. The highest BCUT2D eigenvalue weighted by Gasteiger charge is 2.19. The first-order chi connectivity index (χ1) is 9.61. The molecular formula is C12H13FN4O2S. The van der Waals surface area contributed by atoms with Crippen molar-refractivity contribution in [1.29, 1.82) is 0 Å². The van der Waals surface area contributed by atoms with Crippen LogP contribution in [0.15, 0.2) is 18.2 Å². The number of nitrogens with one attached hydrogen (secondary N) is 1. The zero-order chi connectivity index (χ0) is 14.5. The maximum atomic E-state index is 13.3. The van der Waals surface area contributed by atoms with Crippen molar-refractivity contribution >= 4 is 17.0 Å². The van der Waals surface area contributed by atoms with E-state index in [1.165, 1.54) is 11.3 Å². The maximum Gasteiger partial charge on any atom is 0.279 e. The molecule has 20 heavy (non-hydrogen) atoms. The Bertz CT molecular complexity index is 617. The van der Waals surface area contributed by atoms with Crippen LogP contribution in [0.5, 0.6) is 0 Å². The van der Waals surface area contributed by atoms with Gasteiger partial charge in [-0.1, -0.05) is 18.3 Å². The van der Waals surface area contributed by atoms with Crippen LogP contribution in [-0.4, -0.2) is 28.2 Å². The topological polar surface area (TPSA) is 81.0 Å². The Morgan fingerprint density at radius 2 is 2.25 bits per heavy atom. The summed E-state index contributed by atoms with van der Waals surface area (Å²) in [6.07, 6.45) is 0.689. The third-order valence-corrected chi connectivity index (χ3v) is 3.63. The summed E-state index contributed by atoms with van der Waals surface area (Å²) in [5, 5.41) is 23.1. The van der Waals surface area contributed by atoms with E-state index in [-0.39, 0.29) is 11.3 Å². The summed E-state index contributed by atoms with van der Waals surface area (Å²) >= 11 is 1.24. The number of likely N-dealkylation sites (N-methyl/N-ethyl adjacent to an activating group) is 1. The normalized spacial score (nSPS) is 10.7. The third kappa shape index (κ3) is 3.34. The molecule has 8 heteroatoms. The van der Waals surface area contributed by atoms with Crippen molar-refractivity contribution < 1.29 is 9.31 Å². The number of nitro benzene ring substituents is 1. The second kappa shape index (κ2) is 6.49. The van der Waals surface area contributed by atoms with Crippen molar-refractivity contribution in [1.82, 2.24) is 15.5 Å². The molecule has 2 rings (SSSR count). The molecule has 0 fully saturated rings. The summed E-state index contributed by atoms with van der Waals surface area (Å²) in [5.41, 5.74) is 0.00276. The summed E-state index contributed by atoms with van der Waals surface area (Å²) in [4.78, 5) is 10.4. The smallest absolute Gasteiger partial charge is 0.279 e. The van der Waals surface area contributed by atoms with Crippen LogP contribution in [0.1, 0.15) is 11.9 Å². The van der Waals surface area contributed by atoms with Gasteiger partial charge in [0.15, 0.2) is 5.01 Å². The lowest BCUT2D eigenvalue weighted by molar-refractivity contribution is -0.384. The van der Waals surface area contributed by atoms with Gasteiger partial charge in [-0.15, -0.1) is 10.2 Å². The third-order valence-electron chi connectivity index (χ3n) is 2.62. The number of hydrogen-bond acceptors (Lipinski definition) is 6. The number of halogens is 1. The van der Waals surface area contributed by atoms with Crippen molar-refractivity contribution in [3.05, 3.63) is 39.1 Å². The van der Waals surface area contributed by atoms with Crippen molar-refractivity contribution in [3.63, 3.8) is 0 Å². The number of benzene rings is 1. The number of rotatable bonds is 6. The fraction of sp³-hybridized carbons (Fsp3) is 0.333. The molecule has 0 bridgehead atoms. The molecule has 1 N–H and O–H groups in total. The highest BCUT2D eigenvalue weighted by Crippen LogP contribution is 2.32. The van der Waals surface area contributed by atoms with Gasteiger partial charge in [0, 0.05) is 19.0 Å². The lowest BCUT2D eigenvalue weighted by atomic mass is 10.2. The second-order valence-electron chi connectivity index (χ2n) is 4.02. The van der Waals surface area contributed by atoms with Crippen LogP contribution in [0, 0.1) is 15.9 Å². The van der Waals surface area contributed by atoms with E-state index < -0.39 is 10.7 Å². The predicted molar refractivity (Wildman–Crippen MR) is 74.2 cm³/mol. The highest BCUT2D eigenvalue weighted by atomic mass is 32.1. The lowest BCUT2D eigenvalue weighted by Crippen LogP contribution is -2.15. The van der Waals surface area contributed by atoms with E-state index in [0.29, 0.717) is 11.4 Å². The molecule has 1 aromatic carbocycles. The molecule has 0 radical (unpaired) electrons. The standard InChI is InChI=1S/C12H13FN4O2S/c1-2-14-6-5-11-15-16-12(20-11)9-7-8(13)3-4-10(9)17(18)19/h3-4,7,14H,2,5-6H2,1H3. The Morgan fingerprint density at radius 3 is 2.95 bits per heavy atom. The van der Waals surface area contributed by atoms with E-state index in [0.717, 1.165) is 36.3 Å². The van der Waals surface area contributed by atoms with Gasteiger partial charge in [0.2, 0.25) is 0 Å². The van der Waals surface area contributed by atoms with E-state index in [1.807, 2.05) is 6.92 Å². The molecule has 6 nitrogen and oxygen atoms in total. The Morgan fingerprint density at radius 1 is 1.45 bits per heavy atom. The van der Waals surface area contributed by atoms with Gasteiger partial charge in [0.1, 0.15) is 10.8 Å². The van der Waals surface area contributed by atoms with Crippen LogP contribution in [-0.2, 0) is 6.42 Å². The molecular weight excluding hydrogens is 283 g/mol. The van der Waals surface area contributed by atoms with Crippen molar-refractivity contribution in [2.45, 2.75) is 13.3 Å². The van der Waals surface area contributed by atoms with Crippen LogP contribution >= 0.6 is 11.3 Å². The van der Waals surface area contributed by atoms with Gasteiger partial charge in [0.25, 0.3) is 5.69 Å². The largest absolute Gasteiger partial charge is 0.317 e. The molecule has 0 atom stereocenters. The molecule has 1 heterocycles. The van der Waals surface area contributed by atoms with Crippen molar-refractivity contribution in [3.8, 4) is 10.6 Å². The molecule has 0 saturated heterocycles. The van der Waals surface area contributed by atoms with Crippen molar-refractivity contribution in [2.24, 2.45) is 0 Å². The highest BCUT2D eigenvalue weighted by molar-refractivity contribution is 7.14. The first kappa shape index (κ1) is 14.5. The fourth-order valence-corrected chi connectivity index (χ4v) is 2.54. The molecule has 0 saturated carbocycles. The number of hydrogen-bond donors (Lipinski definition) is 1. The molecule has 0 aliphatic carbocycles. The molecule has 0 aliphatic rings. The van der Waals surface area contributed by atoms with Crippen molar-refractivity contribution in [2.75, 3.05) is 13.1 Å². The molecule has 2 aromatic rings. The van der Waals surface area contributed by atoms with Crippen LogP contribution < -0.4 is 5.32 Å². The van der Waals surface area contributed by atoms with Crippen LogP contribution in [0.25, 0.3) is 10.6 Å². The van der Waals surface area contributed by atoms with Crippen LogP contribution in [0.4, 0.5) is 10.1 Å². The first-order valence-electron chi connectivity index (χ1n) is 6.09. The van der Waals surface area contributed by atoms with E-state index in [4.69, 9.17) is 0 Å². The Balaban J connectivity index is 2.27. The minimum Gasteiger partial charge on any atom is -0.317 e. The van der Waals surface area contributed by atoms with Gasteiger partial charge < -0.3 is 5.32 Å². The van der Waals surface area contributed by atoms with Crippen LogP contribution in [0.2, 0.25) is 0 Å². The summed E-state index contributed by atoms with van der Waals surface area (Å²) in [6.45, 7) is 3.62. The van der Waals surface area contributed by atoms with Gasteiger partial charge in [-0.2, -0.15) is 0 Å². The summed E-state index contributed by atoms with van der Waals surface area (Å²) in [5.74, 6) is -0.532. The quantitative estimate of drug-likeness (QED) is 0.503. The summed E-state index contributed by atoms with van der Waals surface area (Å²) in [7, 11) is 0. The van der Waals surface area contributed by atoms with Gasteiger partial charge in [-0.3, -0.25) is 10.1 Å². The van der Waals surface area contributed by atoms with Gasteiger partial charge in [-0.05, 0) is 18.7 Å². The summed E-state index contributed by atoms with van der Waals surface area (Å²) < 4.78 is 13.3. The molecule has 0 spiro atoms. The summed E-state index contributed by atoms with van der Waals surface area (Å²) in [6, 6.07) is 3.33. The zero-order valence-corrected chi connectivity index (χ0v) is 11.6. The minimum absolute atomic E-state index is 0.166. The predicted octanol–water partition coefficient (Wildman–Crippen LogP) is 2.40. The SMILES string of the molecule is CCNCCc1nnc(-c2cc(F)ccc2[N+](=O)[O-])s1. The Kier molecular flexibility index (Phi) is 4.70. The Hall–Kier alpha value is -1.93. The number of aromatic nitrogens is 2. The maximum absolute atomic E-state index is 13.3.